The summed E-state index contributed by atoms with van der Waals surface area (Å²) in [4.78, 5) is 27.3. The molecule has 4 rings (SSSR count). The summed E-state index contributed by atoms with van der Waals surface area (Å²) < 4.78 is 3.09. The number of fused-ring (bicyclic) bond motifs is 1. The molecule has 0 bridgehead atoms. The number of likely N-dealkylation sites (tertiary alicyclic amines) is 1. The summed E-state index contributed by atoms with van der Waals surface area (Å²) in [5, 5.41) is 15.4. The molecule has 7 heteroatoms. The van der Waals surface area contributed by atoms with E-state index in [0.29, 0.717) is 37.9 Å². The highest BCUT2D eigenvalue weighted by molar-refractivity contribution is 5.77. The van der Waals surface area contributed by atoms with E-state index in [9.17, 15) is 14.7 Å². The molecule has 3 heterocycles. The van der Waals surface area contributed by atoms with Gasteiger partial charge in [0.05, 0.1) is 12.1 Å². The third kappa shape index (κ3) is 4.03. The molecule has 0 aliphatic carbocycles. The first kappa shape index (κ1) is 20.3. The molecule has 1 atom stereocenters. The van der Waals surface area contributed by atoms with Gasteiger partial charge in [-0.15, -0.1) is 0 Å². The summed E-state index contributed by atoms with van der Waals surface area (Å²) in [6, 6.07) is 13.6. The van der Waals surface area contributed by atoms with Crippen LogP contribution in [0.2, 0.25) is 0 Å². The fraction of sp³-hybridized carbons (Fsp3) is 0.435. The van der Waals surface area contributed by atoms with Gasteiger partial charge in [-0.1, -0.05) is 37.3 Å². The maximum Gasteiger partial charge on any atom is 0.277 e. The Bertz CT molecular complexity index is 1090. The number of hydrogen-bond donors (Lipinski definition) is 1. The average Bonchev–Trinajstić information content (AvgIpc) is 3.12. The number of nitrogens with zero attached hydrogens (tertiary/aromatic N) is 4. The van der Waals surface area contributed by atoms with Crippen molar-refractivity contribution < 1.29 is 9.90 Å². The molecule has 1 unspecified atom stereocenters. The van der Waals surface area contributed by atoms with E-state index >= 15 is 0 Å². The highest BCUT2D eigenvalue weighted by Crippen LogP contribution is 2.26. The molecule has 30 heavy (non-hydrogen) atoms. The zero-order chi connectivity index (χ0) is 21.3. The summed E-state index contributed by atoms with van der Waals surface area (Å²) in [7, 11) is 0. The van der Waals surface area contributed by atoms with Gasteiger partial charge >= 0.3 is 0 Å². The van der Waals surface area contributed by atoms with Gasteiger partial charge < -0.3 is 10.0 Å². The minimum atomic E-state index is -1.02. The van der Waals surface area contributed by atoms with E-state index in [1.165, 1.54) is 10.9 Å². The van der Waals surface area contributed by atoms with Crippen LogP contribution in [0, 0.1) is 6.92 Å². The van der Waals surface area contributed by atoms with Crippen LogP contribution in [-0.4, -0.2) is 48.8 Å². The lowest BCUT2D eigenvalue weighted by Gasteiger charge is -2.38. The monoisotopic (exact) mass is 408 g/mol. The van der Waals surface area contributed by atoms with Gasteiger partial charge in [-0.3, -0.25) is 14.2 Å². The third-order valence-corrected chi connectivity index (χ3v) is 6.19. The molecule has 0 radical (unpaired) electrons. The lowest BCUT2D eigenvalue weighted by atomic mass is 9.90. The van der Waals surface area contributed by atoms with E-state index < -0.39 is 5.60 Å². The van der Waals surface area contributed by atoms with Crippen LogP contribution in [-0.2, 0) is 11.3 Å². The second-order valence-corrected chi connectivity index (χ2v) is 8.46. The standard InChI is InChI=1S/C23H28N4O3/c1-17(19-6-4-3-5-7-19)14-21(28)25-12-10-23(30,11-13-25)15-26-16-24-27-18(2)8-9-20(27)22(26)29/h3-9,16-17,30H,10-15H2,1-2H3. The van der Waals surface area contributed by atoms with Crippen LogP contribution in [0.4, 0.5) is 0 Å². The summed E-state index contributed by atoms with van der Waals surface area (Å²) in [6.45, 7) is 5.12. The highest BCUT2D eigenvalue weighted by Gasteiger charge is 2.35. The van der Waals surface area contributed by atoms with Crippen molar-refractivity contribution in [1.82, 2.24) is 19.1 Å². The Kier molecular flexibility index (Phi) is 5.47. The van der Waals surface area contributed by atoms with E-state index in [1.54, 1.807) is 10.6 Å². The molecule has 7 nitrogen and oxygen atoms in total. The van der Waals surface area contributed by atoms with Crippen molar-refractivity contribution in [3.8, 4) is 0 Å². The molecule has 1 fully saturated rings. The van der Waals surface area contributed by atoms with Crippen molar-refractivity contribution in [1.29, 1.82) is 0 Å². The van der Waals surface area contributed by atoms with Crippen molar-refractivity contribution in [2.75, 3.05) is 13.1 Å². The lowest BCUT2D eigenvalue weighted by molar-refractivity contribution is -0.136. The number of benzene rings is 1. The quantitative estimate of drug-likeness (QED) is 0.703. The number of aromatic nitrogens is 3. The highest BCUT2D eigenvalue weighted by atomic mass is 16.3. The normalized spacial score (nSPS) is 17.2. The van der Waals surface area contributed by atoms with Crippen LogP contribution in [0.5, 0.6) is 0 Å². The molecular weight excluding hydrogens is 380 g/mol. The Morgan fingerprint density at radius 3 is 2.57 bits per heavy atom. The molecule has 0 saturated carbocycles. The first-order valence-electron chi connectivity index (χ1n) is 10.5. The van der Waals surface area contributed by atoms with Gasteiger partial charge in [-0.25, -0.2) is 4.52 Å². The number of rotatable bonds is 5. The number of piperidine rings is 1. The molecule has 1 N–H and O–H groups in total. The molecule has 0 spiro atoms. The molecule has 1 aromatic carbocycles. The van der Waals surface area contributed by atoms with Gasteiger partial charge in [0.25, 0.3) is 5.56 Å². The van der Waals surface area contributed by atoms with E-state index in [0.717, 1.165) is 11.3 Å². The fourth-order valence-electron chi connectivity index (χ4n) is 4.21. The predicted octanol–water partition coefficient (Wildman–Crippen LogP) is 2.35. The van der Waals surface area contributed by atoms with Gasteiger partial charge in [-0.05, 0) is 43.4 Å². The van der Waals surface area contributed by atoms with Crippen LogP contribution >= 0.6 is 0 Å². The molecule has 158 valence electrons. The number of hydrogen-bond acceptors (Lipinski definition) is 4. The summed E-state index contributed by atoms with van der Waals surface area (Å²) >= 11 is 0. The van der Waals surface area contributed by atoms with Crippen LogP contribution in [0.15, 0.2) is 53.6 Å². The van der Waals surface area contributed by atoms with Crippen molar-refractivity contribution in [2.24, 2.45) is 0 Å². The van der Waals surface area contributed by atoms with Crippen LogP contribution in [0.1, 0.15) is 43.4 Å². The van der Waals surface area contributed by atoms with Gasteiger partial charge in [-0.2, -0.15) is 5.10 Å². The maximum absolute atomic E-state index is 12.7. The van der Waals surface area contributed by atoms with Crippen LogP contribution < -0.4 is 5.56 Å². The zero-order valence-corrected chi connectivity index (χ0v) is 17.5. The van der Waals surface area contributed by atoms with E-state index in [-0.39, 0.29) is 23.9 Å². The van der Waals surface area contributed by atoms with Gasteiger partial charge in [0.2, 0.25) is 5.91 Å². The summed E-state index contributed by atoms with van der Waals surface area (Å²) in [5.41, 5.74) is 1.36. The number of aryl methyl sites for hydroxylation is 1. The van der Waals surface area contributed by atoms with Crippen molar-refractivity contribution in [3.05, 3.63) is 70.4 Å². The fourth-order valence-corrected chi connectivity index (χ4v) is 4.21. The molecule has 2 aromatic heterocycles. The minimum absolute atomic E-state index is 0.109. The average molecular weight is 409 g/mol. The first-order valence-corrected chi connectivity index (χ1v) is 10.5. The summed E-state index contributed by atoms with van der Waals surface area (Å²) in [6.07, 6.45) is 2.82. The first-order chi connectivity index (χ1) is 14.4. The van der Waals surface area contributed by atoms with Gasteiger partial charge in [0.15, 0.2) is 0 Å². The predicted molar refractivity (Wildman–Crippen MR) is 114 cm³/mol. The number of carbonyl (C=O) groups is 1. The number of carbonyl (C=O) groups excluding carboxylic acids is 1. The van der Waals surface area contributed by atoms with Crippen LogP contribution in [0.25, 0.3) is 5.52 Å². The Hall–Kier alpha value is -2.93. The van der Waals surface area contributed by atoms with E-state index in [1.807, 2.05) is 48.2 Å². The molecule has 1 amide bonds. The lowest BCUT2D eigenvalue weighted by Crippen LogP contribution is -2.49. The summed E-state index contributed by atoms with van der Waals surface area (Å²) in [5.74, 6) is 0.263. The van der Waals surface area contributed by atoms with Crippen molar-refractivity contribution >= 4 is 11.4 Å². The smallest absolute Gasteiger partial charge is 0.277 e. The zero-order valence-electron chi connectivity index (χ0n) is 17.5. The Labute approximate surface area is 175 Å². The van der Waals surface area contributed by atoms with Gasteiger partial charge in [0, 0.05) is 25.2 Å². The van der Waals surface area contributed by atoms with Crippen molar-refractivity contribution in [2.45, 2.75) is 51.2 Å². The third-order valence-electron chi connectivity index (χ3n) is 6.19. The van der Waals surface area contributed by atoms with Crippen LogP contribution in [0.3, 0.4) is 0 Å². The molecule has 3 aromatic rings. The molecule has 1 aliphatic heterocycles. The van der Waals surface area contributed by atoms with Crippen molar-refractivity contribution in [3.63, 3.8) is 0 Å². The van der Waals surface area contributed by atoms with E-state index in [2.05, 4.69) is 12.0 Å². The molecular formula is C23H28N4O3. The largest absolute Gasteiger partial charge is 0.388 e. The molecule has 1 aliphatic rings. The minimum Gasteiger partial charge on any atom is -0.388 e. The Morgan fingerprint density at radius 2 is 1.87 bits per heavy atom. The Balaban J connectivity index is 1.38. The SMILES string of the molecule is Cc1ccc2c(=O)n(CC3(O)CCN(C(=O)CC(C)c4ccccc4)CC3)cnn12. The topological polar surface area (TPSA) is 79.8 Å². The van der Waals surface area contributed by atoms with E-state index in [4.69, 9.17) is 0 Å². The number of amides is 1. The second-order valence-electron chi connectivity index (χ2n) is 8.46. The molecule has 1 saturated heterocycles. The second kappa shape index (κ2) is 8.07. The number of aliphatic hydroxyl groups is 1. The Morgan fingerprint density at radius 1 is 1.17 bits per heavy atom. The van der Waals surface area contributed by atoms with Gasteiger partial charge in [0.1, 0.15) is 11.8 Å². The maximum atomic E-state index is 12.7.